The third-order valence-corrected chi connectivity index (χ3v) is 5.84. The highest BCUT2D eigenvalue weighted by atomic mass is 35.5. The number of benzene rings is 2. The van der Waals surface area contributed by atoms with Gasteiger partial charge >= 0.3 is 0 Å². The SMILES string of the molecule is CN1Cc2ccc(Cl)cc2C[C@H]1CNC(=O)C1Cc2ccccc2C1. The lowest BCUT2D eigenvalue weighted by atomic mass is 9.94. The Hall–Kier alpha value is -1.84. The van der Waals surface area contributed by atoms with Crippen molar-refractivity contribution < 1.29 is 4.79 Å². The number of hydrogen-bond donors (Lipinski definition) is 1. The fourth-order valence-corrected chi connectivity index (χ4v) is 4.28. The monoisotopic (exact) mass is 354 g/mol. The quantitative estimate of drug-likeness (QED) is 0.917. The second-order valence-corrected chi connectivity index (χ2v) is 7.74. The van der Waals surface area contributed by atoms with Crippen LogP contribution in [-0.2, 0) is 30.6 Å². The van der Waals surface area contributed by atoms with Crippen LogP contribution < -0.4 is 5.32 Å². The average molecular weight is 355 g/mol. The van der Waals surface area contributed by atoms with E-state index in [-0.39, 0.29) is 11.8 Å². The zero-order valence-electron chi connectivity index (χ0n) is 14.5. The van der Waals surface area contributed by atoms with Crippen LogP contribution >= 0.6 is 11.6 Å². The van der Waals surface area contributed by atoms with E-state index in [1.807, 2.05) is 6.07 Å². The van der Waals surface area contributed by atoms with Crippen LogP contribution in [0.2, 0.25) is 5.02 Å². The fourth-order valence-electron chi connectivity index (χ4n) is 4.08. The van der Waals surface area contributed by atoms with E-state index in [1.54, 1.807) is 0 Å². The number of nitrogens with zero attached hydrogens (tertiary/aromatic N) is 1. The van der Waals surface area contributed by atoms with Crippen molar-refractivity contribution in [3.8, 4) is 0 Å². The molecule has 0 saturated carbocycles. The van der Waals surface area contributed by atoms with Gasteiger partial charge in [-0.05, 0) is 60.7 Å². The zero-order valence-corrected chi connectivity index (χ0v) is 15.2. The molecule has 130 valence electrons. The summed E-state index contributed by atoms with van der Waals surface area (Å²) in [5.41, 5.74) is 5.28. The second kappa shape index (κ2) is 6.81. The molecule has 0 saturated heterocycles. The number of nitrogens with one attached hydrogen (secondary N) is 1. The van der Waals surface area contributed by atoms with Crippen LogP contribution in [0.3, 0.4) is 0 Å². The Morgan fingerprint density at radius 3 is 2.52 bits per heavy atom. The lowest BCUT2D eigenvalue weighted by Crippen LogP contribution is -2.46. The zero-order chi connectivity index (χ0) is 17.4. The van der Waals surface area contributed by atoms with Gasteiger partial charge in [0.2, 0.25) is 5.91 Å². The van der Waals surface area contributed by atoms with E-state index in [2.05, 4.69) is 53.7 Å². The van der Waals surface area contributed by atoms with Gasteiger partial charge < -0.3 is 5.32 Å². The van der Waals surface area contributed by atoms with E-state index in [0.717, 1.165) is 30.8 Å². The first-order chi connectivity index (χ1) is 12.1. The molecule has 1 heterocycles. The van der Waals surface area contributed by atoms with Crippen LogP contribution in [0.25, 0.3) is 0 Å². The van der Waals surface area contributed by atoms with E-state index >= 15 is 0 Å². The van der Waals surface area contributed by atoms with Crippen LogP contribution in [0.5, 0.6) is 0 Å². The van der Waals surface area contributed by atoms with Crippen molar-refractivity contribution >= 4 is 17.5 Å². The molecule has 0 unspecified atom stereocenters. The number of rotatable bonds is 3. The van der Waals surface area contributed by atoms with Gasteiger partial charge in [-0.3, -0.25) is 9.69 Å². The van der Waals surface area contributed by atoms with Crippen molar-refractivity contribution in [2.45, 2.75) is 31.8 Å². The number of amides is 1. The van der Waals surface area contributed by atoms with Crippen molar-refractivity contribution in [3.63, 3.8) is 0 Å². The smallest absolute Gasteiger partial charge is 0.223 e. The average Bonchev–Trinajstić information content (AvgIpc) is 3.04. The van der Waals surface area contributed by atoms with Gasteiger partial charge in [0.25, 0.3) is 0 Å². The molecule has 2 aromatic carbocycles. The molecule has 0 aromatic heterocycles. The molecule has 1 aliphatic carbocycles. The third kappa shape index (κ3) is 3.44. The Balaban J connectivity index is 1.36. The van der Waals surface area contributed by atoms with E-state index in [9.17, 15) is 4.79 Å². The van der Waals surface area contributed by atoms with Gasteiger partial charge in [-0.15, -0.1) is 0 Å². The first kappa shape index (κ1) is 16.6. The predicted molar refractivity (Wildman–Crippen MR) is 101 cm³/mol. The molecule has 25 heavy (non-hydrogen) atoms. The number of carbonyl (C=O) groups is 1. The van der Waals surface area contributed by atoms with Crippen LogP contribution in [0.15, 0.2) is 42.5 Å². The van der Waals surface area contributed by atoms with E-state index in [0.29, 0.717) is 12.6 Å². The summed E-state index contributed by atoms with van der Waals surface area (Å²) in [5, 5.41) is 3.98. The normalized spacial score (nSPS) is 20.2. The summed E-state index contributed by atoms with van der Waals surface area (Å²) in [7, 11) is 2.12. The molecule has 2 aliphatic rings. The molecule has 0 fully saturated rings. The second-order valence-electron chi connectivity index (χ2n) is 7.31. The van der Waals surface area contributed by atoms with Gasteiger partial charge in [-0.2, -0.15) is 0 Å². The molecule has 1 amide bonds. The van der Waals surface area contributed by atoms with Crippen LogP contribution in [0.1, 0.15) is 22.3 Å². The molecule has 1 aliphatic heterocycles. The van der Waals surface area contributed by atoms with Crippen LogP contribution in [-0.4, -0.2) is 30.4 Å². The molecule has 3 nitrogen and oxygen atoms in total. The molecule has 1 atom stereocenters. The predicted octanol–water partition coefficient (Wildman–Crippen LogP) is 3.23. The van der Waals surface area contributed by atoms with Gasteiger partial charge in [-0.25, -0.2) is 0 Å². The first-order valence-electron chi connectivity index (χ1n) is 8.92. The standard InChI is InChI=1S/C21H23ClN2O/c1-24-13-16-6-7-19(22)10-17(16)11-20(24)12-23-21(25)18-8-14-4-2-3-5-15(14)9-18/h2-7,10,18,20H,8-9,11-13H2,1H3,(H,23,25)/t20-/m0/s1. The van der Waals surface area contributed by atoms with Crippen molar-refractivity contribution in [1.82, 2.24) is 10.2 Å². The van der Waals surface area contributed by atoms with Crippen molar-refractivity contribution in [3.05, 3.63) is 69.7 Å². The minimum Gasteiger partial charge on any atom is -0.354 e. The Kier molecular flexibility index (Phi) is 4.53. The molecule has 0 bridgehead atoms. The molecule has 1 N–H and O–H groups in total. The maximum atomic E-state index is 12.6. The third-order valence-electron chi connectivity index (χ3n) is 5.60. The minimum atomic E-state index is 0.0769. The van der Waals surface area contributed by atoms with Gasteiger partial charge in [0.15, 0.2) is 0 Å². The topological polar surface area (TPSA) is 32.3 Å². The van der Waals surface area contributed by atoms with Crippen LogP contribution in [0, 0.1) is 5.92 Å². The van der Waals surface area contributed by atoms with E-state index in [4.69, 9.17) is 11.6 Å². The number of carbonyl (C=O) groups excluding carboxylic acids is 1. The number of fused-ring (bicyclic) bond motifs is 2. The molecular formula is C21H23ClN2O. The summed E-state index contributed by atoms with van der Waals surface area (Å²) in [5.74, 6) is 0.259. The summed E-state index contributed by atoms with van der Waals surface area (Å²) in [6.07, 6.45) is 2.65. The van der Waals surface area contributed by atoms with Gasteiger partial charge in [0.05, 0.1) is 0 Å². The first-order valence-corrected chi connectivity index (χ1v) is 9.30. The largest absolute Gasteiger partial charge is 0.354 e. The van der Waals surface area contributed by atoms with Gasteiger partial charge in [-0.1, -0.05) is 41.9 Å². The Morgan fingerprint density at radius 1 is 1.08 bits per heavy atom. The molecular weight excluding hydrogens is 332 g/mol. The number of halogens is 1. The minimum absolute atomic E-state index is 0.0769. The maximum Gasteiger partial charge on any atom is 0.223 e. The Morgan fingerprint density at radius 2 is 1.80 bits per heavy atom. The van der Waals surface area contributed by atoms with E-state index < -0.39 is 0 Å². The Labute approximate surface area is 154 Å². The molecule has 0 radical (unpaired) electrons. The molecule has 2 aromatic rings. The van der Waals surface area contributed by atoms with E-state index in [1.165, 1.54) is 22.3 Å². The van der Waals surface area contributed by atoms with Crippen molar-refractivity contribution in [1.29, 1.82) is 0 Å². The van der Waals surface area contributed by atoms with Crippen molar-refractivity contribution in [2.24, 2.45) is 5.92 Å². The molecule has 0 spiro atoms. The lowest BCUT2D eigenvalue weighted by molar-refractivity contribution is -0.125. The summed E-state index contributed by atoms with van der Waals surface area (Å²) in [6, 6.07) is 14.8. The van der Waals surface area contributed by atoms with Gasteiger partial charge in [0.1, 0.15) is 0 Å². The summed E-state index contributed by atoms with van der Waals surface area (Å²) < 4.78 is 0. The summed E-state index contributed by atoms with van der Waals surface area (Å²) in [6.45, 7) is 1.59. The Bertz CT molecular complexity index is 779. The summed E-state index contributed by atoms with van der Waals surface area (Å²) >= 11 is 6.14. The molecule has 4 heteroatoms. The maximum absolute atomic E-state index is 12.6. The number of likely N-dealkylation sites (N-methyl/N-ethyl adjacent to an activating group) is 1. The molecule has 4 rings (SSSR count). The highest BCUT2D eigenvalue weighted by Gasteiger charge is 2.29. The fraction of sp³-hybridized carbons (Fsp3) is 0.381. The van der Waals surface area contributed by atoms with Crippen molar-refractivity contribution in [2.75, 3.05) is 13.6 Å². The summed E-state index contributed by atoms with van der Waals surface area (Å²) in [4.78, 5) is 14.9. The van der Waals surface area contributed by atoms with Gasteiger partial charge in [0, 0.05) is 30.1 Å². The highest BCUT2D eigenvalue weighted by Crippen LogP contribution is 2.27. The highest BCUT2D eigenvalue weighted by molar-refractivity contribution is 6.30. The lowest BCUT2D eigenvalue weighted by Gasteiger charge is -2.34. The number of hydrogen-bond acceptors (Lipinski definition) is 2. The van der Waals surface area contributed by atoms with Crippen LogP contribution in [0.4, 0.5) is 0 Å².